The van der Waals surface area contributed by atoms with Gasteiger partial charge in [0, 0.05) is 18.1 Å². The summed E-state index contributed by atoms with van der Waals surface area (Å²) < 4.78 is 0.797. The number of hydrogen-bond donors (Lipinski definition) is 1. The fraction of sp³-hybridized carbons (Fsp3) is 0.300. The van der Waals surface area contributed by atoms with Crippen LogP contribution in [0.1, 0.15) is 28.8 Å². The molecule has 1 aromatic rings. The molecular weight excluding hydrogens is 244 g/mol. The zero-order chi connectivity index (χ0) is 10.1. The van der Waals surface area contributed by atoms with Crippen molar-refractivity contribution in [3.63, 3.8) is 0 Å². The number of nitrogens with zero attached hydrogens (tertiary/aromatic N) is 1. The molecule has 0 spiro atoms. The van der Waals surface area contributed by atoms with Gasteiger partial charge in [-0.2, -0.15) is 0 Å². The Bertz CT molecular complexity index is 415. The molecular formula is C10H9BrN2O. The first-order valence-electron chi connectivity index (χ1n) is 4.48. The molecule has 0 fully saturated rings. The van der Waals surface area contributed by atoms with Gasteiger partial charge in [0.1, 0.15) is 0 Å². The van der Waals surface area contributed by atoms with Gasteiger partial charge in [-0.1, -0.05) is 0 Å². The smallest absolute Gasteiger partial charge is 0.207 e. The number of nitrogens with one attached hydrogen (secondary N) is 1. The molecule has 72 valence electrons. The Morgan fingerprint density at radius 2 is 2.14 bits per heavy atom. The highest BCUT2D eigenvalue weighted by molar-refractivity contribution is 9.10. The molecule has 2 rings (SSSR count). The van der Waals surface area contributed by atoms with Crippen molar-refractivity contribution in [2.24, 2.45) is 0 Å². The summed E-state index contributed by atoms with van der Waals surface area (Å²) in [6.45, 7) is 0. The van der Waals surface area contributed by atoms with E-state index in [0.717, 1.165) is 28.4 Å². The predicted molar refractivity (Wildman–Crippen MR) is 55.4 cm³/mol. The zero-order valence-electron chi connectivity index (χ0n) is 7.51. The van der Waals surface area contributed by atoms with Gasteiger partial charge in [-0.25, -0.2) is 0 Å². The highest BCUT2D eigenvalue weighted by Gasteiger charge is 2.21. The molecule has 0 aliphatic heterocycles. The van der Waals surface area contributed by atoms with Crippen LogP contribution >= 0.6 is 15.9 Å². The fourth-order valence-electron chi connectivity index (χ4n) is 1.77. The van der Waals surface area contributed by atoms with Gasteiger partial charge in [-0.3, -0.25) is 9.91 Å². The number of benzene rings is 1. The van der Waals surface area contributed by atoms with E-state index < -0.39 is 0 Å². The molecule has 0 amide bonds. The Morgan fingerprint density at radius 1 is 1.36 bits per heavy atom. The average Bonchev–Trinajstić information content (AvgIpc) is 2.20. The highest BCUT2D eigenvalue weighted by atomic mass is 79.9. The monoisotopic (exact) mass is 252 g/mol. The lowest BCUT2D eigenvalue weighted by molar-refractivity contribution is -0.380. The van der Waals surface area contributed by atoms with Gasteiger partial charge in [-0.15, -0.1) is 0 Å². The van der Waals surface area contributed by atoms with Crippen molar-refractivity contribution >= 4 is 27.4 Å². The van der Waals surface area contributed by atoms with Crippen LogP contribution in [-0.2, 0) is 6.42 Å². The highest BCUT2D eigenvalue weighted by Crippen LogP contribution is 2.31. The third-order valence-electron chi connectivity index (χ3n) is 2.49. The van der Waals surface area contributed by atoms with Crippen LogP contribution in [0.15, 0.2) is 16.6 Å². The third kappa shape index (κ3) is 1.39. The van der Waals surface area contributed by atoms with E-state index in [0.29, 0.717) is 12.1 Å². The minimum absolute atomic E-state index is 0.191. The first kappa shape index (κ1) is 9.52. The van der Waals surface area contributed by atoms with Gasteiger partial charge in [0.2, 0.25) is 5.69 Å². The Kier molecular flexibility index (Phi) is 2.46. The number of rotatable bonds is 1. The summed E-state index contributed by atoms with van der Waals surface area (Å²) in [7, 11) is 0. The summed E-state index contributed by atoms with van der Waals surface area (Å²) in [5.41, 5.74) is 11.2. The fourth-order valence-corrected chi connectivity index (χ4v) is 2.41. The standard InChI is InChI=1S/C10H9BrN2O/c11-10-7-2-1-3-9(14)6(7)4-5-8(10)13-12/h4-5,13H,1-3H2. The maximum Gasteiger partial charge on any atom is 0.207 e. The van der Waals surface area contributed by atoms with Crippen molar-refractivity contribution in [1.82, 2.24) is 0 Å². The maximum absolute atomic E-state index is 11.5. The first-order chi connectivity index (χ1) is 6.74. The number of Topliss-reactive ketones (excluding diaryl/α,β-unsaturated/α-hetero) is 1. The van der Waals surface area contributed by atoms with Crippen molar-refractivity contribution in [3.8, 4) is 0 Å². The maximum atomic E-state index is 11.5. The van der Waals surface area contributed by atoms with E-state index in [2.05, 4.69) is 21.0 Å². The molecule has 0 unspecified atom stereocenters. The number of ketones is 1. The normalized spacial score (nSPS) is 15.1. The van der Waals surface area contributed by atoms with E-state index in [9.17, 15) is 4.79 Å². The van der Waals surface area contributed by atoms with Gasteiger partial charge < -0.3 is 5.53 Å². The number of carbonyl (C=O) groups excluding carboxylic acids is 1. The second-order valence-electron chi connectivity index (χ2n) is 3.34. The first-order valence-corrected chi connectivity index (χ1v) is 5.28. The Balaban J connectivity index is 2.63. The molecule has 4 heteroatoms. The Morgan fingerprint density at radius 3 is 2.86 bits per heavy atom. The van der Waals surface area contributed by atoms with E-state index in [1.165, 1.54) is 0 Å². The zero-order valence-corrected chi connectivity index (χ0v) is 9.10. The third-order valence-corrected chi connectivity index (χ3v) is 3.40. The molecule has 1 N–H and O–H groups in total. The minimum Gasteiger partial charge on any atom is -0.502 e. The minimum atomic E-state index is 0.191. The molecule has 0 saturated carbocycles. The average molecular weight is 253 g/mol. The molecule has 0 saturated heterocycles. The molecule has 1 aliphatic rings. The van der Waals surface area contributed by atoms with Crippen LogP contribution in [0.3, 0.4) is 0 Å². The predicted octanol–water partition coefficient (Wildman–Crippen LogP) is 1.70. The summed E-state index contributed by atoms with van der Waals surface area (Å²) >= 11 is 3.38. The lowest BCUT2D eigenvalue weighted by Gasteiger charge is -2.15. The van der Waals surface area contributed by atoms with E-state index in [-0.39, 0.29) is 5.78 Å². The molecule has 3 nitrogen and oxygen atoms in total. The van der Waals surface area contributed by atoms with Crippen LogP contribution in [0.2, 0.25) is 0 Å². The van der Waals surface area contributed by atoms with Crippen LogP contribution in [0.25, 0.3) is 5.53 Å². The quantitative estimate of drug-likeness (QED) is 0.761. The topological polar surface area (TPSA) is 53.3 Å². The number of hydrogen-bond acceptors (Lipinski definition) is 1. The molecule has 0 heterocycles. The molecule has 1 aromatic carbocycles. The van der Waals surface area contributed by atoms with Crippen LogP contribution in [0.4, 0.5) is 5.69 Å². The van der Waals surface area contributed by atoms with E-state index in [1.807, 2.05) is 0 Å². The van der Waals surface area contributed by atoms with Crippen LogP contribution < -0.4 is 5.11 Å². The van der Waals surface area contributed by atoms with Gasteiger partial charge in [0.15, 0.2) is 5.78 Å². The van der Waals surface area contributed by atoms with Crippen molar-refractivity contribution in [2.75, 3.05) is 0 Å². The summed E-state index contributed by atoms with van der Waals surface area (Å²) in [5.74, 6) is 0.191. The molecule has 0 bridgehead atoms. The largest absolute Gasteiger partial charge is 0.502 e. The second-order valence-corrected chi connectivity index (χ2v) is 4.13. The van der Waals surface area contributed by atoms with E-state index in [4.69, 9.17) is 5.53 Å². The number of halogens is 1. The Labute approximate surface area is 90.2 Å². The molecule has 14 heavy (non-hydrogen) atoms. The summed E-state index contributed by atoms with van der Waals surface area (Å²) in [5, 5.41) is 2.10. The molecule has 1 aliphatic carbocycles. The summed E-state index contributed by atoms with van der Waals surface area (Å²) in [6.07, 6.45) is 2.40. The van der Waals surface area contributed by atoms with Crippen molar-refractivity contribution in [3.05, 3.63) is 33.3 Å². The Hall–Kier alpha value is -1.03. The van der Waals surface area contributed by atoms with Crippen molar-refractivity contribution in [2.45, 2.75) is 19.3 Å². The van der Waals surface area contributed by atoms with Crippen LogP contribution in [0.5, 0.6) is 0 Å². The lowest BCUT2D eigenvalue weighted by Crippen LogP contribution is -2.54. The van der Waals surface area contributed by atoms with E-state index >= 15 is 0 Å². The summed E-state index contributed by atoms with van der Waals surface area (Å²) in [6, 6.07) is 3.46. The number of fused-ring (bicyclic) bond motifs is 1. The summed E-state index contributed by atoms with van der Waals surface area (Å²) in [4.78, 5) is 11.5. The van der Waals surface area contributed by atoms with Crippen LogP contribution in [0, 0.1) is 0 Å². The molecule has 0 radical (unpaired) electrons. The van der Waals surface area contributed by atoms with E-state index in [1.54, 1.807) is 12.1 Å². The molecule has 0 atom stereocenters. The number of carbonyl (C=O) groups is 1. The lowest BCUT2D eigenvalue weighted by atomic mass is 9.90. The van der Waals surface area contributed by atoms with Gasteiger partial charge >= 0.3 is 0 Å². The van der Waals surface area contributed by atoms with Crippen LogP contribution in [-0.4, -0.2) is 5.78 Å². The SMILES string of the molecule is [N-]=[NH+]c1ccc2c(c1Br)CCCC2=O. The van der Waals surface area contributed by atoms with Gasteiger partial charge in [0.25, 0.3) is 0 Å². The second kappa shape index (κ2) is 3.61. The van der Waals surface area contributed by atoms with Crippen molar-refractivity contribution < 1.29 is 9.91 Å². The molecule has 0 aromatic heterocycles. The van der Waals surface area contributed by atoms with Gasteiger partial charge in [-0.05, 0) is 40.4 Å². The van der Waals surface area contributed by atoms with Crippen molar-refractivity contribution in [1.29, 1.82) is 0 Å². The van der Waals surface area contributed by atoms with Gasteiger partial charge in [0.05, 0.1) is 4.47 Å².